The predicted molar refractivity (Wildman–Crippen MR) is 86.8 cm³/mol. The van der Waals surface area contributed by atoms with Gasteiger partial charge in [-0.2, -0.15) is 0 Å². The van der Waals surface area contributed by atoms with Gasteiger partial charge in [-0.25, -0.2) is 4.79 Å². The number of morpholine rings is 1. The minimum atomic E-state index is -0.238. The lowest BCUT2D eigenvalue weighted by Crippen LogP contribution is -2.52. The average Bonchev–Trinajstić information content (AvgIpc) is 3.21. The Kier molecular flexibility index (Phi) is 5.76. The molecule has 3 heterocycles. The monoisotopic (exact) mass is 341 g/mol. The maximum Gasteiger partial charge on any atom is 0.321 e. The highest BCUT2D eigenvalue weighted by Crippen LogP contribution is 2.22. The van der Waals surface area contributed by atoms with E-state index in [1.54, 1.807) is 0 Å². The van der Waals surface area contributed by atoms with Crippen molar-refractivity contribution >= 4 is 22.5 Å². The fraction of sp³-hybridized carbons (Fsp3) is 0.786. The minimum Gasteiger partial charge on any atom is -0.381 e. The molecule has 0 spiro atoms. The summed E-state index contributed by atoms with van der Waals surface area (Å²) >= 11 is 1.36. The Morgan fingerprint density at radius 3 is 2.83 bits per heavy atom. The quantitative estimate of drug-likeness (QED) is 0.820. The van der Waals surface area contributed by atoms with E-state index in [4.69, 9.17) is 9.47 Å². The Morgan fingerprint density at radius 1 is 1.35 bits per heavy atom. The third-order valence-corrected chi connectivity index (χ3v) is 5.00. The van der Waals surface area contributed by atoms with Gasteiger partial charge in [0.2, 0.25) is 5.13 Å². The highest BCUT2D eigenvalue weighted by molar-refractivity contribution is 7.15. The van der Waals surface area contributed by atoms with Crippen LogP contribution in [-0.4, -0.2) is 73.2 Å². The van der Waals surface area contributed by atoms with E-state index in [9.17, 15) is 4.79 Å². The zero-order chi connectivity index (χ0) is 16.1. The van der Waals surface area contributed by atoms with Crippen LogP contribution in [0.15, 0.2) is 0 Å². The molecule has 3 rings (SSSR count). The first-order valence-electron chi connectivity index (χ1n) is 7.97. The Balaban J connectivity index is 1.53. The lowest BCUT2D eigenvalue weighted by molar-refractivity contribution is 0.00222. The van der Waals surface area contributed by atoms with Crippen LogP contribution in [-0.2, 0) is 9.47 Å². The summed E-state index contributed by atoms with van der Waals surface area (Å²) in [5.74, 6) is 0.456. The largest absolute Gasteiger partial charge is 0.381 e. The molecular formula is C14H23N5O3S. The highest BCUT2D eigenvalue weighted by atomic mass is 32.1. The Bertz CT molecular complexity index is 514. The molecule has 128 valence electrons. The number of nitrogens with zero attached hydrogens (tertiary/aromatic N) is 3. The fourth-order valence-corrected chi connectivity index (χ4v) is 3.63. The molecule has 23 heavy (non-hydrogen) atoms. The molecule has 2 saturated heterocycles. The second-order valence-electron chi connectivity index (χ2n) is 5.80. The van der Waals surface area contributed by atoms with Gasteiger partial charge < -0.3 is 14.8 Å². The predicted octanol–water partition coefficient (Wildman–Crippen LogP) is 0.705. The van der Waals surface area contributed by atoms with Gasteiger partial charge in [-0.3, -0.25) is 10.2 Å². The molecule has 0 unspecified atom stereocenters. The van der Waals surface area contributed by atoms with Gasteiger partial charge in [0.05, 0.1) is 19.8 Å². The van der Waals surface area contributed by atoms with Crippen molar-refractivity contribution in [2.24, 2.45) is 5.92 Å². The highest BCUT2D eigenvalue weighted by Gasteiger charge is 2.31. The van der Waals surface area contributed by atoms with E-state index in [1.807, 2.05) is 6.92 Å². The summed E-state index contributed by atoms with van der Waals surface area (Å²) in [6, 6.07) is 0.0432. The topological polar surface area (TPSA) is 88.6 Å². The Morgan fingerprint density at radius 2 is 2.17 bits per heavy atom. The molecule has 0 aromatic carbocycles. The summed E-state index contributed by atoms with van der Waals surface area (Å²) < 4.78 is 11.0. The van der Waals surface area contributed by atoms with Crippen LogP contribution in [0.5, 0.6) is 0 Å². The van der Waals surface area contributed by atoms with Crippen LogP contribution in [0.1, 0.15) is 11.4 Å². The molecule has 0 aliphatic carbocycles. The number of aryl methyl sites for hydroxylation is 1. The Hall–Kier alpha value is -1.29. The van der Waals surface area contributed by atoms with Crippen LogP contribution in [0.25, 0.3) is 0 Å². The number of urea groups is 1. The molecule has 0 saturated carbocycles. The van der Waals surface area contributed by atoms with Crippen molar-refractivity contribution in [1.82, 2.24) is 20.4 Å². The van der Waals surface area contributed by atoms with Gasteiger partial charge in [0.25, 0.3) is 0 Å². The van der Waals surface area contributed by atoms with Gasteiger partial charge in [0.15, 0.2) is 0 Å². The molecule has 9 heteroatoms. The smallest absolute Gasteiger partial charge is 0.321 e. The summed E-state index contributed by atoms with van der Waals surface area (Å²) in [5.41, 5.74) is 0. The van der Waals surface area contributed by atoms with E-state index >= 15 is 0 Å². The van der Waals surface area contributed by atoms with Crippen LogP contribution < -0.4 is 10.6 Å². The number of carbonyl (C=O) groups excluding carboxylic acids is 1. The molecule has 2 atom stereocenters. The standard InChI is InChI=1S/C14H23N5O3S/c1-10-17-18-14(23-10)16-13(20)15-8-12(11-2-5-22-9-11)19-3-6-21-7-4-19/h11-12H,2-9H2,1H3,(H2,15,16,18,20)/t11-,12+/m1/s1. The van der Waals surface area contributed by atoms with Crippen LogP contribution in [0.4, 0.5) is 9.93 Å². The SMILES string of the molecule is Cc1nnc(NC(=O)NC[C@@H]([C@@H]2CCOC2)N2CCOCC2)s1. The lowest BCUT2D eigenvalue weighted by atomic mass is 9.97. The number of nitrogens with one attached hydrogen (secondary N) is 2. The maximum atomic E-state index is 12.1. The van der Waals surface area contributed by atoms with Crippen molar-refractivity contribution in [1.29, 1.82) is 0 Å². The normalized spacial score (nSPS) is 23.6. The van der Waals surface area contributed by atoms with Crippen LogP contribution in [0.2, 0.25) is 0 Å². The van der Waals surface area contributed by atoms with Gasteiger partial charge in [-0.05, 0) is 13.3 Å². The van der Waals surface area contributed by atoms with Crippen molar-refractivity contribution < 1.29 is 14.3 Å². The molecule has 0 bridgehead atoms. The zero-order valence-corrected chi connectivity index (χ0v) is 14.1. The average molecular weight is 341 g/mol. The molecule has 2 amide bonds. The first-order chi connectivity index (χ1) is 11.2. The van der Waals surface area contributed by atoms with Gasteiger partial charge in [0.1, 0.15) is 5.01 Å². The number of amides is 2. The molecule has 0 radical (unpaired) electrons. The van der Waals surface area contributed by atoms with Crippen molar-refractivity contribution in [2.75, 3.05) is 51.4 Å². The lowest BCUT2D eigenvalue weighted by Gasteiger charge is -2.37. The van der Waals surface area contributed by atoms with Gasteiger partial charge in [0, 0.05) is 38.2 Å². The van der Waals surface area contributed by atoms with E-state index < -0.39 is 0 Å². The maximum absolute atomic E-state index is 12.1. The first-order valence-corrected chi connectivity index (χ1v) is 8.78. The molecule has 1 aromatic rings. The molecule has 8 nitrogen and oxygen atoms in total. The van der Waals surface area contributed by atoms with Crippen molar-refractivity contribution in [2.45, 2.75) is 19.4 Å². The van der Waals surface area contributed by atoms with Gasteiger partial charge in [-0.15, -0.1) is 10.2 Å². The summed E-state index contributed by atoms with van der Waals surface area (Å²) in [6.07, 6.45) is 1.04. The number of aromatic nitrogens is 2. The minimum absolute atomic E-state index is 0.238. The van der Waals surface area contributed by atoms with E-state index in [0.29, 0.717) is 17.6 Å². The van der Waals surface area contributed by atoms with Crippen LogP contribution in [0.3, 0.4) is 0 Å². The summed E-state index contributed by atoms with van der Waals surface area (Å²) in [5, 5.41) is 14.8. The number of rotatable bonds is 5. The molecular weight excluding hydrogens is 318 g/mol. The first kappa shape index (κ1) is 16.6. The molecule has 2 aliphatic heterocycles. The summed E-state index contributed by atoms with van der Waals surface area (Å²) in [4.78, 5) is 14.5. The van der Waals surface area contributed by atoms with E-state index in [-0.39, 0.29) is 12.1 Å². The third kappa shape index (κ3) is 4.60. The van der Waals surface area contributed by atoms with Gasteiger partial charge in [-0.1, -0.05) is 11.3 Å². The number of carbonyl (C=O) groups is 1. The molecule has 2 N–H and O–H groups in total. The summed E-state index contributed by atoms with van der Waals surface area (Å²) in [6.45, 7) is 7.33. The van der Waals surface area contributed by atoms with E-state index in [1.165, 1.54) is 11.3 Å². The number of ether oxygens (including phenoxy) is 2. The fourth-order valence-electron chi connectivity index (χ4n) is 3.04. The summed E-state index contributed by atoms with van der Waals surface area (Å²) in [7, 11) is 0. The van der Waals surface area contributed by atoms with E-state index in [0.717, 1.165) is 50.9 Å². The van der Waals surface area contributed by atoms with Gasteiger partial charge >= 0.3 is 6.03 Å². The number of hydrogen-bond donors (Lipinski definition) is 2. The zero-order valence-electron chi connectivity index (χ0n) is 13.3. The van der Waals surface area contributed by atoms with Crippen molar-refractivity contribution in [3.63, 3.8) is 0 Å². The van der Waals surface area contributed by atoms with E-state index in [2.05, 4.69) is 25.7 Å². The third-order valence-electron chi connectivity index (χ3n) is 4.24. The van der Waals surface area contributed by atoms with Crippen LogP contribution in [0, 0.1) is 12.8 Å². The van der Waals surface area contributed by atoms with Crippen molar-refractivity contribution in [3.05, 3.63) is 5.01 Å². The van der Waals surface area contributed by atoms with Crippen LogP contribution >= 0.6 is 11.3 Å². The van der Waals surface area contributed by atoms with Crippen molar-refractivity contribution in [3.8, 4) is 0 Å². The second-order valence-corrected chi connectivity index (χ2v) is 6.98. The number of anilines is 1. The second kappa shape index (κ2) is 8.00. The molecule has 2 aliphatic rings. The molecule has 2 fully saturated rings. The number of hydrogen-bond acceptors (Lipinski definition) is 7. The Labute approximate surface area is 139 Å². The molecule has 1 aromatic heterocycles.